The number of fused-ring (bicyclic) bond motifs is 8. The molecule has 2 heterocycles. The fraction of sp³-hybridized carbons (Fsp3) is 0. The summed E-state index contributed by atoms with van der Waals surface area (Å²) >= 11 is 0. The van der Waals surface area contributed by atoms with Gasteiger partial charge < -0.3 is 9.47 Å². The van der Waals surface area contributed by atoms with Crippen molar-refractivity contribution in [3.05, 3.63) is 181 Å². The third-order valence-corrected chi connectivity index (χ3v) is 10.6. The van der Waals surface area contributed by atoms with Crippen LogP contribution in [0.25, 0.3) is 120 Å². The molecule has 58 heavy (non-hydrogen) atoms. The van der Waals surface area contributed by atoms with Crippen molar-refractivity contribution in [1.29, 1.82) is 0 Å². The first-order valence-corrected chi connectivity index (χ1v) is 17.6. The molecule has 2 aliphatic rings. The second kappa shape index (κ2) is 11.0. The highest BCUT2D eigenvalue weighted by Crippen LogP contribution is 2.54. The van der Waals surface area contributed by atoms with Crippen LogP contribution < -0.4 is 9.47 Å². The van der Waals surface area contributed by atoms with Crippen LogP contribution in [0.15, 0.2) is 181 Å². The highest BCUT2D eigenvalue weighted by molar-refractivity contribution is 6.29. The van der Waals surface area contributed by atoms with Crippen LogP contribution in [0.5, 0.6) is 23.0 Å². The van der Waals surface area contributed by atoms with Crippen molar-refractivity contribution < 1.29 is 50.6 Å². The highest BCUT2D eigenvalue weighted by atomic mass is 16.5. The van der Waals surface area contributed by atoms with E-state index in [1.54, 1.807) is 0 Å². The molecule has 12 aromatic rings. The van der Waals surface area contributed by atoms with Crippen LogP contribution in [-0.2, 0) is 0 Å². The summed E-state index contributed by atoms with van der Waals surface area (Å²) in [5.41, 5.74) is -4.66. The fourth-order valence-corrected chi connectivity index (χ4v) is 8.12. The molecule has 0 aromatic heterocycles. The predicted molar refractivity (Wildman–Crippen MR) is 242 cm³/mol. The first kappa shape index (κ1) is 14.1. The average molecular weight is 765 g/mol. The van der Waals surface area contributed by atoms with E-state index in [-0.39, 0.29) is 0 Å². The van der Waals surface area contributed by atoms with Gasteiger partial charge in [0.1, 0.15) is 23.0 Å². The molecule has 0 spiro atoms. The van der Waals surface area contributed by atoms with Crippen molar-refractivity contribution in [2.45, 2.75) is 0 Å². The lowest BCUT2D eigenvalue weighted by Crippen LogP contribution is -1.99. The first-order chi connectivity index (χ1) is 41.3. The number of rotatable bonds is 2. The summed E-state index contributed by atoms with van der Waals surface area (Å²) < 4.78 is 290. The Kier molecular flexibility index (Phi) is 2.67. The van der Waals surface area contributed by atoms with E-state index in [0.29, 0.717) is 0 Å². The number of hydrogen-bond donors (Lipinski definition) is 0. The predicted octanol–water partition coefficient (Wildman–Crippen LogP) is 16.1. The lowest BCUT2D eigenvalue weighted by atomic mass is 9.84. The summed E-state index contributed by atoms with van der Waals surface area (Å²) in [5.74, 6) is -2.38. The van der Waals surface area contributed by atoms with Crippen LogP contribution in [0.1, 0.15) is 41.1 Å². The lowest BCUT2D eigenvalue weighted by molar-refractivity contribution is 0.492. The zero-order chi connectivity index (χ0) is 63.7. The molecule has 14 rings (SSSR count). The fourth-order valence-electron chi connectivity index (χ4n) is 8.12. The third kappa shape index (κ3) is 3.91. The summed E-state index contributed by atoms with van der Waals surface area (Å²) in [6.07, 6.45) is 0. The van der Waals surface area contributed by atoms with Gasteiger partial charge in [0.05, 0.1) is 41.1 Å². The largest absolute Gasteiger partial charge is 0.455 e. The normalized spacial score (nSPS) is 20.0. The quantitative estimate of drug-likeness (QED) is 0.163. The topological polar surface area (TPSA) is 18.5 Å². The van der Waals surface area contributed by atoms with Crippen molar-refractivity contribution in [1.82, 2.24) is 0 Å². The Morgan fingerprint density at radius 2 is 0.603 bits per heavy atom. The maximum atomic E-state index is 9.76. The van der Waals surface area contributed by atoms with E-state index in [2.05, 4.69) is 0 Å². The van der Waals surface area contributed by atoms with Gasteiger partial charge in [-0.2, -0.15) is 0 Å². The molecule has 0 aliphatic carbocycles. The molecule has 0 bridgehead atoms. The summed E-state index contributed by atoms with van der Waals surface area (Å²) in [5, 5.41) is -7.20. The average Bonchev–Trinajstić information content (AvgIpc) is 0.706. The van der Waals surface area contributed by atoms with Crippen molar-refractivity contribution in [2.24, 2.45) is 0 Å². The van der Waals surface area contributed by atoms with Gasteiger partial charge in [-0.25, -0.2) is 0 Å². The molecule has 0 saturated heterocycles. The van der Waals surface area contributed by atoms with Crippen LogP contribution in [0, 0.1) is 0 Å². The second-order valence-electron chi connectivity index (χ2n) is 13.5. The molecular formula is C56H30O2. The Labute approximate surface area is 375 Å². The van der Waals surface area contributed by atoms with Gasteiger partial charge in [0.25, 0.3) is 0 Å². The third-order valence-electron chi connectivity index (χ3n) is 10.6. The monoisotopic (exact) mass is 764 g/mol. The van der Waals surface area contributed by atoms with Crippen molar-refractivity contribution in [3.63, 3.8) is 0 Å². The molecule has 0 fully saturated rings. The molecule has 0 radical (unpaired) electrons. The van der Waals surface area contributed by atoms with Gasteiger partial charge >= 0.3 is 0 Å². The van der Waals surface area contributed by atoms with Crippen LogP contribution in [0.3, 0.4) is 0 Å². The standard InChI is InChI=1S/C56H30O2/c1-3-9-35-31(7-1)15-25-47-43-13-5-11-41-39(27-29-49(53(41)43)57-55(35)47)37-21-17-33-20-24-46-38(22-18-34-19-23-45(37)51(33)52(34)46)40-28-30-50-54-42(40)12-6-14-44(54)48-26-16-32-8-2-4-10-36(32)56(48)58-50/h1-30H/i1D,2D,3D,4D,5D,6D,7D,8D,9D,10D,11D,12D,13D,14D,15D,16D,17D,18D,19D,20D,21D,22D,23D,24D,25D,26D,27D,28D,29D,30D. The minimum absolute atomic E-state index is 0.449. The summed E-state index contributed by atoms with van der Waals surface area (Å²) in [4.78, 5) is 0. The zero-order valence-electron chi connectivity index (χ0n) is 58.8. The maximum Gasteiger partial charge on any atom is 0.143 e. The molecular weight excluding hydrogens is 705 g/mol. The molecule has 0 saturated carbocycles. The maximum absolute atomic E-state index is 9.76. The van der Waals surface area contributed by atoms with Gasteiger partial charge in [-0.05, 0) is 111 Å². The minimum Gasteiger partial charge on any atom is -0.455 e. The van der Waals surface area contributed by atoms with Crippen molar-refractivity contribution >= 4 is 75.4 Å². The van der Waals surface area contributed by atoms with E-state index in [1.807, 2.05) is 0 Å². The van der Waals surface area contributed by atoms with Gasteiger partial charge in [0.2, 0.25) is 0 Å². The summed E-state index contributed by atoms with van der Waals surface area (Å²) in [6.45, 7) is 0. The Morgan fingerprint density at radius 1 is 0.241 bits per heavy atom. The van der Waals surface area contributed by atoms with E-state index < -0.39 is 324 Å². The van der Waals surface area contributed by atoms with Gasteiger partial charge in [0.15, 0.2) is 0 Å². The lowest BCUT2D eigenvalue weighted by Gasteiger charge is -2.24. The smallest absolute Gasteiger partial charge is 0.143 e. The Hall–Kier alpha value is -7.68. The van der Waals surface area contributed by atoms with Gasteiger partial charge in [-0.15, -0.1) is 0 Å². The Bertz CT molecular complexity index is 5220. The molecule has 0 amide bonds. The van der Waals surface area contributed by atoms with Crippen LogP contribution in [0.4, 0.5) is 0 Å². The summed E-state index contributed by atoms with van der Waals surface area (Å²) in [6, 6.07) is -25.4. The number of ether oxygens (including phenoxy) is 2. The van der Waals surface area contributed by atoms with E-state index in [0.717, 1.165) is 0 Å². The second-order valence-corrected chi connectivity index (χ2v) is 13.5. The van der Waals surface area contributed by atoms with E-state index in [4.69, 9.17) is 23.2 Å². The molecule has 2 nitrogen and oxygen atoms in total. The summed E-state index contributed by atoms with van der Waals surface area (Å²) in [7, 11) is 0. The first-order valence-electron chi connectivity index (χ1n) is 32.6. The van der Waals surface area contributed by atoms with E-state index in [1.165, 1.54) is 0 Å². The SMILES string of the molecule is [2H]c1c([2H])c([2H])c2c3c(c([2H])c([2H])c2c1[2H])-c1c([2H])c([2H])c([2H])c2c(-c4c([2H])c([2H])c5c([2H])c([2H])c6c(-c7c([2H])c([2H])c8c9c(c([2H])c([2H])c([2H])c79)-c7c([2H])c([2H])c9c([2H])c([2H])c([2H])c([2H])c9c7O8)c([2H])c([2H])c7c([2H])c([2H])c4c5c76)c([2H])c([2H])c(c12)O3. The minimum atomic E-state index is -0.951. The van der Waals surface area contributed by atoms with Crippen LogP contribution >= 0.6 is 0 Å². The van der Waals surface area contributed by atoms with Gasteiger partial charge in [0, 0.05) is 32.7 Å². The Balaban J connectivity index is 1.16. The molecule has 0 N–H and O–H groups in total. The number of hydrogen-bond acceptors (Lipinski definition) is 2. The van der Waals surface area contributed by atoms with Crippen molar-refractivity contribution in [2.75, 3.05) is 0 Å². The van der Waals surface area contributed by atoms with Crippen LogP contribution in [-0.4, -0.2) is 0 Å². The van der Waals surface area contributed by atoms with Crippen LogP contribution in [0.2, 0.25) is 0 Å². The Morgan fingerprint density at radius 3 is 1.09 bits per heavy atom. The molecule has 0 atom stereocenters. The molecule has 12 aromatic carbocycles. The number of benzene rings is 12. The molecule has 266 valence electrons. The van der Waals surface area contributed by atoms with Crippen molar-refractivity contribution in [3.8, 4) is 67.5 Å². The van der Waals surface area contributed by atoms with E-state index in [9.17, 15) is 27.4 Å². The highest BCUT2D eigenvalue weighted by Gasteiger charge is 2.26. The molecule has 2 heteroatoms. The molecule has 0 unspecified atom stereocenters. The van der Waals surface area contributed by atoms with Gasteiger partial charge in [-0.3, -0.25) is 0 Å². The molecule has 2 aliphatic heterocycles. The zero-order valence-corrected chi connectivity index (χ0v) is 28.8. The van der Waals surface area contributed by atoms with Gasteiger partial charge in [-0.1, -0.05) is 157 Å². The van der Waals surface area contributed by atoms with E-state index >= 15 is 0 Å².